The van der Waals surface area contributed by atoms with Crippen LogP contribution in [-0.4, -0.2) is 34.1 Å². The first kappa shape index (κ1) is 19.4. The Hall–Kier alpha value is -2.93. The highest BCUT2D eigenvalue weighted by Crippen LogP contribution is 2.36. The van der Waals surface area contributed by atoms with E-state index in [2.05, 4.69) is 9.97 Å². The van der Waals surface area contributed by atoms with Gasteiger partial charge in [-0.05, 0) is 37.0 Å². The number of aromatic amines is 1. The molecule has 2 N–H and O–H groups in total. The molecule has 0 unspecified atom stereocenters. The van der Waals surface area contributed by atoms with Crippen molar-refractivity contribution in [2.75, 3.05) is 18.0 Å². The van der Waals surface area contributed by atoms with Gasteiger partial charge in [-0.15, -0.1) is 0 Å². The molecular formula is C21H19ClFN3O3. The van der Waals surface area contributed by atoms with E-state index in [0.29, 0.717) is 43.8 Å². The number of rotatable bonds is 4. The molecule has 1 aromatic heterocycles. The summed E-state index contributed by atoms with van der Waals surface area (Å²) in [6, 6.07) is 12.0. The van der Waals surface area contributed by atoms with Crippen LogP contribution in [0.5, 0.6) is 0 Å². The molecule has 0 amide bonds. The lowest BCUT2D eigenvalue weighted by Crippen LogP contribution is -2.46. The molecule has 29 heavy (non-hydrogen) atoms. The molecule has 4 rings (SSSR count). The molecule has 2 heterocycles. The maximum absolute atomic E-state index is 13.6. The lowest BCUT2D eigenvalue weighted by Gasteiger charge is -2.39. The fourth-order valence-electron chi connectivity index (χ4n) is 3.87. The van der Waals surface area contributed by atoms with Crippen molar-refractivity contribution in [1.82, 2.24) is 9.97 Å². The number of hydrogen-bond donors (Lipinski definition) is 2. The lowest BCUT2D eigenvalue weighted by atomic mass is 9.74. The van der Waals surface area contributed by atoms with Crippen LogP contribution in [-0.2, 0) is 11.2 Å². The number of carbonyl (C=O) groups is 1. The molecule has 0 bridgehead atoms. The Kier molecular flexibility index (Phi) is 5.00. The second kappa shape index (κ2) is 7.48. The number of carboxylic acids is 1. The molecule has 3 aromatic rings. The van der Waals surface area contributed by atoms with Gasteiger partial charge in [0.2, 0.25) is 5.95 Å². The molecule has 1 fully saturated rings. The van der Waals surface area contributed by atoms with E-state index in [9.17, 15) is 19.1 Å². The molecule has 2 aromatic carbocycles. The van der Waals surface area contributed by atoms with Crippen molar-refractivity contribution in [3.63, 3.8) is 0 Å². The Labute approximate surface area is 171 Å². The zero-order chi connectivity index (χ0) is 20.6. The molecule has 0 aliphatic carbocycles. The number of benzene rings is 2. The number of aliphatic carboxylic acids is 1. The Bertz CT molecular complexity index is 1130. The third-order valence-corrected chi connectivity index (χ3v) is 5.88. The van der Waals surface area contributed by atoms with Crippen molar-refractivity contribution in [3.05, 3.63) is 69.2 Å². The van der Waals surface area contributed by atoms with Crippen LogP contribution >= 0.6 is 11.6 Å². The van der Waals surface area contributed by atoms with E-state index in [0.717, 1.165) is 11.6 Å². The maximum Gasteiger partial charge on any atom is 0.310 e. The molecule has 1 saturated heterocycles. The van der Waals surface area contributed by atoms with Gasteiger partial charge < -0.3 is 10.0 Å². The molecule has 0 atom stereocenters. The number of hydrogen-bond acceptors (Lipinski definition) is 4. The van der Waals surface area contributed by atoms with Crippen molar-refractivity contribution in [2.45, 2.75) is 19.3 Å². The molecule has 0 radical (unpaired) electrons. The Morgan fingerprint density at radius 2 is 1.93 bits per heavy atom. The van der Waals surface area contributed by atoms with E-state index < -0.39 is 22.8 Å². The number of aromatic nitrogens is 2. The van der Waals surface area contributed by atoms with Crippen LogP contribution < -0.4 is 10.5 Å². The van der Waals surface area contributed by atoms with Crippen LogP contribution in [0.3, 0.4) is 0 Å². The second-order valence-electron chi connectivity index (χ2n) is 7.41. The van der Waals surface area contributed by atoms with Crippen molar-refractivity contribution < 1.29 is 14.3 Å². The summed E-state index contributed by atoms with van der Waals surface area (Å²) in [4.78, 5) is 33.4. The average Bonchev–Trinajstić information content (AvgIpc) is 2.70. The highest BCUT2D eigenvalue weighted by Gasteiger charge is 2.42. The summed E-state index contributed by atoms with van der Waals surface area (Å²) in [5, 5.41) is 9.92. The fraction of sp³-hybridized carbons (Fsp3) is 0.286. The number of fused-ring (bicyclic) bond motifs is 1. The van der Waals surface area contributed by atoms with E-state index in [1.807, 2.05) is 35.2 Å². The summed E-state index contributed by atoms with van der Waals surface area (Å²) in [5.74, 6) is -1.16. The van der Waals surface area contributed by atoms with Crippen molar-refractivity contribution in [1.29, 1.82) is 0 Å². The van der Waals surface area contributed by atoms with Crippen LogP contribution in [0, 0.1) is 11.2 Å². The number of piperidine rings is 1. The smallest absolute Gasteiger partial charge is 0.310 e. The number of nitrogens with zero attached hydrogens (tertiary/aromatic N) is 2. The van der Waals surface area contributed by atoms with E-state index in [-0.39, 0.29) is 10.4 Å². The van der Waals surface area contributed by atoms with Gasteiger partial charge in [0.25, 0.3) is 5.56 Å². The minimum atomic E-state index is -0.860. The van der Waals surface area contributed by atoms with Crippen molar-refractivity contribution >= 4 is 34.4 Å². The van der Waals surface area contributed by atoms with Gasteiger partial charge in [0, 0.05) is 13.1 Å². The lowest BCUT2D eigenvalue weighted by molar-refractivity contribution is -0.150. The number of carboxylic acid groups (broad SMARTS) is 1. The third-order valence-electron chi connectivity index (χ3n) is 5.59. The van der Waals surface area contributed by atoms with E-state index in [4.69, 9.17) is 11.6 Å². The predicted molar refractivity (Wildman–Crippen MR) is 109 cm³/mol. The van der Waals surface area contributed by atoms with Gasteiger partial charge in [0.15, 0.2) is 0 Å². The zero-order valence-electron chi connectivity index (χ0n) is 15.5. The fourth-order valence-corrected chi connectivity index (χ4v) is 4.03. The van der Waals surface area contributed by atoms with Gasteiger partial charge in [-0.3, -0.25) is 14.6 Å². The summed E-state index contributed by atoms with van der Waals surface area (Å²) in [6.45, 7) is 0.866. The predicted octanol–water partition coefficient (Wildman–Crippen LogP) is 3.63. The summed E-state index contributed by atoms with van der Waals surface area (Å²) >= 11 is 5.82. The maximum atomic E-state index is 13.6. The highest BCUT2D eigenvalue weighted by atomic mass is 35.5. The average molecular weight is 416 g/mol. The summed E-state index contributed by atoms with van der Waals surface area (Å²) in [5.41, 5.74) is -0.0341. The summed E-state index contributed by atoms with van der Waals surface area (Å²) < 4.78 is 13.6. The number of H-pyrrole nitrogens is 1. The van der Waals surface area contributed by atoms with Crippen LogP contribution in [0.15, 0.2) is 47.3 Å². The number of nitrogens with one attached hydrogen (secondary N) is 1. The van der Waals surface area contributed by atoms with Gasteiger partial charge in [0.1, 0.15) is 5.82 Å². The van der Waals surface area contributed by atoms with Crippen molar-refractivity contribution in [3.8, 4) is 0 Å². The van der Waals surface area contributed by atoms with Crippen LogP contribution in [0.2, 0.25) is 5.02 Å². The zero-order valence-corrected chi connectivity index (χ0v) is 16.2. The number of anilines is 1. The molecular weight excluding hydrogens is 397 g/mol. The molecule has 1 aliphatic rings. The molecule has 0 saturated carbocycles. The molecule has 0 spiro atoms. The second-order valence-corrected chi connectivity index (χ2v) is 7.82. The van der Waals surface area contributed by atoms with Crippen LogP contribution in [0.25, 0.3) is 10.9 Å². The highest BCUT2D eigenvalue weighted by molar-refractivity contribution is 6.31. The quantitative estimate of drug-likeness (QED) is 0.679. The van der Waals surface area contributed by atoms with E-state index >= 15 is 0 Å². The minimum absolute atomic E-state index is 0.104. The molecule has 150 valence electrons. The minimum Gasteiger partial charge on any atom is -0.481 e. The monoisotopic (exact) mass is 415 g/mol. The SMILES string of the molecule is O=C(O)C1(Cc2ccccc2)CCN(c2nc3cc(Cl)c(F)cc3c(=O)[nH]2)CC1. The van der Waals surface area contributed by atoms with Gasteiger partial charge >= 0.3 is 5.97 Å². The van der Waals surface area contributed by atoms with Crippen LogP contribution in [0.4, 0.5) is 10.3 Å². The van der Waals surface area contributed by atoms with E-state index in [1.54, 1.807) is 0 Å². The first-order valence-electron chi connectivity index (χ1n) is 9.29. The van der Waals surface area contributed by atoms with E-state index in [1.165, 1.54) is 6.07 Å². The Balaban J connectivity index is 1.59. The topological polar surface area (TPSA) is 86.3 Å². The standard InChI is InChI=1S/C21H19ClFN3O3/c22-15-11-17-14(10-16(15)23)18(27)25-20(24-17)26-8-6-21(7-9-26,19(28)29)12-13-4-2-1-3-5-13/h1-5,10-11H,6-9,12H2,(H,28,29)(H,24,25,27). The third kappa shape index (κ3) is 3.70. The number of halogens is 2. The van der Waals surface area contributed by atoms with Crippen LogP contribution in [0.1, 0.15) is 18.4 Å². The van der Waals surface area contributed by atoms with Gasteiger partial charge in [-0.2, -0.15) is 0 Å². The van der Waals surface area contributed by atoms with Crippen molar-refractivity contribution in [2.24, 2.45) is 5.41 Å². The normalized spacial score (nSPS) is 16.1. The molecule has 6 nitrogen and oxygen atoms in total. The first-order chi connectivity index (χ1) is 13.9. The first-order valence-corrected chi connectivity index (χ1v) is 9.67. The Morgan fingerprint density at radius 1 is 1.24 bits per heavy atom. The summed E-state index contributed by atoms with van der Waals surface area (Å²) in [6.07, 6.45) is 1.29. The molecule has 1 aliphatic heterocycles. The van der Waals surface area contributed by atoms with Gasteiger partial charge in [0.05, 0.1) is 21.3 Å². The Morgan fingerprint density at radius 3 is 2.59 bits per heavy atom. The largest absolute Gasteiger partial charge is 0.481 e. The van der Waals surface area contributed by atoms with Gasteiger partial charge in [-0.25, -0.2) is 9.37 Å². The van der Waals surface area contributed by atoms with Gasteiger partial charge in [-0.1, -0.05) is 41.9 Å². The summed E-state index contributed by atoms with van der Waals surface area (Å²) in [7, 11) is 0. The molecule has 8 heteroatoms.